The molecule has 104 valence electrons. The van der Waals surface area contributed by atoms with E-state index in [0.29, 0.717) is 6.61 Å². The summed E-state index contributed by atoms with van der Waals surface area (Å²) in [7, 11) is 0. The summed E-state index contributed by atoms with van der Waals surface area (Å²) in [5.41, 5.74) is 2.18. The van der Waals surface area contributed by atoms with E-state index in [1.54, 1.807) is 6.92 Å². The van der Waals surface area contributed by atoms with Crippen molar-refractivity contribution in [1.82, 2.24) is 9.78 Å². The van der Waals surface area contributed by atoms with E-state index in [2.05, 4.69) is 5.10 Å². The van der Waals surface area contributed by atoms with Gasteiger partial charge in [-0.3, -0.25) is 0 Å². The highest BCUT2D eigenvalue weighted by Gasteiger charge is 2.00. The Morgan fingerprint density at radius 1 is 1.35 bits per heavy atom. The van der Waals surface area contributed by atoms with E-state index in [-0.39, 0.29) is 5.97 Å². The number of allylic oxidation sites excluding steroid dienone is 1. The molecule has 0 atom stereocenters. The Balaban J connectivity index is 1.86. The largest absolute Gasteiger partial charge is 0.463 e. The van der Waals surface area contributed by atoms with Crippen molar-refractivity contribution < 1.29 is 9.53 Å². The summed E-state index contributed by atoms with van der Waals surface area (Å²) in [5.74, 6) is -0.285. The first-order valence-corrected chi connectivity index (χ1v) is 6.72. The molecule has 1 heterocycles. The lowest BCUT2D eigenvalue weighted by atomic mass is 10.2. The Hall–Kier alpha value is -2.36. The molecule has 0 N–H and O–H groups in total. The lowest BCUT2D eigenvalue weighted by molar-refractivity contribution is -0.137. The molecular weight excluding hydrogens is 252 g/mol. The van der Waals surface area contributed by atoms with E-state index in [9.17, 15) is 4.79 Å². The van der Waals surface area contributed by atoms with Crippen LogP contribution in [-0.2, 0) is 16.0 Å². The van der Waals surface area contributed by atoms with E-state index in [4.69, 9.17) is 4.74 Å². The maximum atomic E-state index is 11.1. The van der Waals surface area contributed by atoms with Crippen molar-refractivity contribution in [3.05, 3.63) is 60.4 Å². The van der Waals surface area contributed by atoms with Crippen LogP contribution in [0.3, 0.4) is 0 Å². The maximum absolute atomic E-state index is 11.1. The molecule has 0 amide bonds. The van der Waals surface area contributed by atoms with E-state index in [1.807, 2.05) is 53.5 Å². The molecule has 0 fully saturated rings. The van der Waals surface area contributed by atoms with Gasteiger partial charge in [0.1, 0.15) is 0 Å². The first-order chi connectivity index (χ1) is 9.79. The van der Waals surface area contributed by atoms with E-state index in [0.717, 1.165) is 24.1 Å². The number of hydrogen-bond donors (Lipinski definition) is 0. The molecule has 0 aliphatic carbocycles. The molecule has 0 unspecified atom stereocenters. The third-order valence-electron chi connectivity index (χ3n) is 2.80. The molecule has 0 radical (unpaired) electrons. The summed E-state index contributed by atoms with van der Waals surface area (Å²) in [6.07, 6.45) is 8.81. The van der Waals surface area contributed by atoms with Crippen LogP contribution in [0.1, 0.15) is 18.9 Å². The molecule has 2 aromatic rings. The van der Waals surface area contributed by atoms with Gasteiger partial charge < -0.3 is 4.74 Å². The molecule has 1 aromatic heterocycles. The van der Waals surface area contributed by atoms with Gasteiger partial charge in [-0.15, -0.1) is 0 Å². The predicted molar refractivity (Wildman–Crippen MR) is 77.7 cm³/mol. The van der Waals surface area contributed by atoms with Gasteiger partial charge in [-0.25, -0.2) is 9.48 Å². The van der Waals surface area contributed by atoms with Gasteiger partial charge in [-0.2, -0.15) is 5.10 Å². The standard InChI is InChI=1S/C16H18N2O2/c1-2-20-16(19)11-7-6-8-14-12-17-18(13-14)15-9-4-3-5-10-15/h3-5,7,9-13H,2,6,8H2,1H3/b11-7+. The van der Waals surface area contributed by atoms with Gasteiger partial charge in [-0.05, 0) is 37.5 Å². The third kappa shape index (κ3) is 4.09. The Morgan fingerprint density at radius 2 is 2.15 bits per heavy atom. The molecule has 2 rings (SSSR count). The molecule has 0 bridgehead atoms. The average Bonchev–Trinajstić information content (AvgIpc) is 2.94. The average molecular weight is 270 g/mol. The second-order valence-electron chi connectivity index (χ2n) is 4.32. The van der Waals surface area contributed by atoms with Crippen LogP contribution in [-0.4, -0.2) is 22.4 Å². The number of rotatable bonds is 6. The van der Waals surface area contributed by atoms with Gasteiger partial charge in [-0.1, -0.05) is 24.3 Å². The number of aromatic nitrogens is 2. The summed E-state index contributed by atoms with van der Waals surface area (Å²) >= 11 is 0. The Kier molecular flexibility index (Phi) is 5.12. The van der Waals surface area contributed by atoms with Crippen LogP contribution in [0.25, 0.3) is 5.69 Å². The summed E-state index contributed by atoms with van der Waals surface area (Å²) in [6, 6.07) is 9.97. The van der Waals surface area contributed by atoms with E-state index >= 15 is 0 Å². The highest BCUT2D eigenvalue weighted by molar-refractivity contribution is 5.81. The van der Waals surface area contributed by atoms with Crippen LogP contribution in [0.2, 0.25) is 0 Å². The molecule has 1 aromatic carbocycles. The lowest BCUT2D eigenvalue weighted by Gasteiger charge is -1.99. The van der Waals surface area contributed by atoms with Crippen molar-refractivity contribution in [2.45, 2.75) is 19.8 Å². The SMILES string of the molecule is CCOC(=O)/C=C/CCc1cnn(-c2ccccc2)c1. The molecule has 0 saturated heterocycles. The van der Waals surface area contributed by atoms with Gasteiger partial charge in [0.15, 0.2) is 0 Å². The van der Waals surface area contributed by atoms with E-state index < -0.39 is 0 Å². The van der Waals surface area contributed by atoms with Gasteiger partial charge in [0.2, 0.25) is 0 Å². The number of benzene rings is 1. The number of ether oxygens (including phenoxy) is 1. The number of nitrogens with zero attached hydrogens (tertiary/aromatic N) is 2. The van der Waals surface area contributed by atoms with Crippen LogP contribution in [0.15, 0.2) is 54.9 Å². The molecular formula is C16H18N2O2. The van der Waals surface area contributed by atoms with Crippen molar-refractivity contribution in [2.75, 3.05) is 6.61 Å². The number of carbonyl (C=O) groups is 1. The zero-order valence-corrected chi connectivity index (χ0v) is 11.5. The minimum absolute atomic E-state index is 0.285. The van der Waals surface area contributed by atoms with Crippen LogP contribution in [0.4, 0.5) is 0 Å². The first kappa shape index (κ1) is 14.1. The van der Waals surface area contributed by atoms with Crippen molar-refractivity contribution in [1.29, 1.82) is 0 Å². The number of aryl methyl sites for hydroxylation is 1. The van der Waals surface area contributed by atoms with Gasteiger partial charge in [0.05, 0.1) is 18.5 Å². The number of hydrogen-bond acceptors (Lipinski definition) is 3. The third-order valence-corrected chi connectivity index (χ3v) is 2.80. The summed E-state index contributed by atoms with van der Waals surface area (Å²) < 4.78 is 6.67. The van der Waals surface area contributed by atoms with Crippen LogP contribution >= 0.6 is 0 Å². The highest BCUT2D eigenvalue weighted by atomic mass is 16.5. The maximum Gasteiger partial charge on any atom is 0.330 e. The predicted octanol–water partition coefficient (Wildman–Crippen LogP) is 2.92. The minimum atomic E-state index is -0.285. The Morgan fingerprint density at radius 3 is 2.90 bits per heavy atom. The van der Waals surface area contributed by atoms with Gasteiger partial charge in [0, 0.05) is 12.3 Å². The van der Waals surface area contributed by atoms with Crippen LogP contribution < -0.4 is 0 Å². The van der Waals surface area contributed by atoms with Crippen molar-refractivity contribution in [3.8, 4) is 5.69 Å². The quantitative estimate of drug-likeness (QED) is 0.599. The normalized spacial score (nSPS) is 10.8. The second-order valence-corrected chi connectivity index (χ2v) is 4.32. The molecule has 0 aliphatic heterocycles. The number of carbonyl (C=O) groups excluding carboxylic acids is 1. The topological polar surface area (TPSA) is 44.1 Å². The van der Waals surface area contributed by atoms with Crippen molar-refractivity contribution in [3.63, 3.8) is 0 Å². The number of para-hydroxylation sites is 1. The summed E-state index contributed by atoms with van der Waals surface area (Å²) in [6.45, 7) is 2.21. The number of esters is 1. The van der Waals surface area contributed by atoms with Crippen LogP contribution in [0.5, 0.6) is 0 Å². The smallest absolute Gasteiger partial charge is 0.330 e. The van der Waals surface area contributed by atoms with Gasteiger partial charge in [0.25, 0.3) is 0 Å². The minimum Gasteiger partial charge on any atom is -0.463 e. The zero-order chi connectivity index (χ0) is 14.2. The van der Waals surface area contributed by atoms with Crippen molar-refractivity contribution in [2.24, 2.45) is 0 Å². The fourth-order valence-corrected chi connectivity index (χ4v) is 1.83. The first-order valence-electron chi connectivity index (χ1n) is 6.72. The molecule has 4 heteroatoms. The van der Waals surface area contributed by atoms with Crippen molar-refractivity contribution >= 4 is 5.97 Å². The van der Waals surface area contributed by atoms with Gasteiger partial charge >= 0.3 is 5.97 Å². The Labute approximate surface area is 118 Å². The highest BCUT2D eigenvalue weighted by Crippen LogP contribution is 2.09. The van der Waals surface area contributed by atoms with Crippen LogP contribution in [0, 0.1) is 0 Å². The fourth-order valence-electron chi connectivity index (χ4n) is 1.83. The zero-order valence-electron chi connectivity index (χ0n) is 11.5. The summed E-state index contributed by atoms with van der Waals surface area (Å²) in [5, 5.41) is 4.33. The summed E-state index contributed by atoms with van der Waals surface area (Å²) in [4.78, 5) is 11.1. The second kappa shape index (κ2) is 7.28. The molecule has 4 nitrogen and oxygen atoms in total. The molecule has 0 spiro atoms. The monoisotopic (exact) mass is 270 g/mol. The van der Waals surface area contributed by atoms with E-state index in [1.165, 1.54) is 6.08 Å². The molecule has 20 heavy (non-hydrogen) atoms. The fraction of sp³-hybridized carbons (Fsp3) is 0.250. The Bertz CT molecular complexity index is 573. The molecule has 0 saturated carbocycles. The lowest BCUT2D eigenvalue weighted by Crippen LogP contribution is -1.98. The molecule has 0 aliphatic rings.